The van der Waals surface area contributed by atoms with Gasteiger partial charge < -0.3 is 0 Å². The molecule has 2 heteroatoms. The van der Waals surface area contributed by atoms with E-state index in [-0.39, 0.29) is 5.41 Å². The van der Waals surface area contributed by atoms with Crippen molar-refractivity contribution in [2.45, 2.75) is 19.3 Å². The summed E-state index contributed by atoms with van der Waals surface area (Å²) in [5, 5.41) is 0. The van der Waals surface area contributed by atoms with Crippen LogP contribution in [-0.4, -0.2) is 9.97 Å². The molecule has 0 atom stereocenters. The van der Waals surface area contributed by atoms with Crippen LogP contribution in [0, 0.1) is 0 Å². The predicted octanol–water partition coefficient (Wildman–Crippen LogP) is 2.78. The van der Waals surface area contributed by atoms with Gasteiger partial charge in [0.05, 0.1) is 5.69 Å². The van der Waals surface area contributed by atoms with Crippen LogP contribution < -0.4 is 0 Å². The van der Waals surface area contributed by atoms with Gasteiger partial charge in [-0.1, -0.05) is 19.9 Å². The molecule has 0 aliphatic heterocycles. The lowest BCUT2D eigenvalue weighted by Crippen LogP contribution is -2.14. The number of hydrogen-bond acceptors (Lipinski definition) is 2. The summed E-state index contributed by atoms with van der Waals surface area (Å²) < 4.78 is 0. The van der Waals surface area contributed by atoms with Crippen molar-refractivity contribution in [1.29, 1.82) is 0 Å². The second-order valence-corrected chi connectivity index (χ2v) is 4.45. The molecule has 1 aliphatic rings. The Labute approximate surface area is 89.0 Å². The van der Waals surface area contributed by atoms with Crippen molar-refractivity contribution in [2.75, 3.05) is 0 Å². The zero-order chi connectivity index (χ0) is 10.5. The first kappa shape index (κ1) is 8.60. The van der Waals surface area contributed by atoms with Gasteiger partial charge in [0.2, 0.25) is 0 Å². The Bertz CT molecular complexity index is 482. The number of nitrogens with zero attached hydrogens (tertiary/aromatic N) is 2. The maximum absolute atomic E-state index is 4.46. The molecule has 74 valence electrons. The summed E-state index contributed by atoms with van der Waals surface area (Å²) in [5.74, 6) is 0. The Hall–Kier alpha value is -1.70. The van der Waals surface area contributed by atoms with Crippen molar-refractivity contribution >= 4 is 0 Å². The van der Waals surface area contributed by atoms with Gasteiger partial charge in [0.25, 0.3) is 0 Å². The Morgan fingerprint density at radius 1 is 1.07 bits per heavy atom. The van der Waals surface area contributed by atoms with E-state index in [9.17, 15) is 0 Å². The van der Waals surface area contributed by atoms with Crippen LogP contribution in [0.15, 0.2) is 36.8 Å². The van der Waals surface area contributed by atoms with Crippen LogP contribution in [0.25, 0.3) is 11.3 Å². The number of pyridine rings is 2. The SMILES string of the molecule is CC1(C)c2ccncc2-c2ncccc21. The molecule has 0 unspecified atom stereocenters. The van der Waals surface area contributed by atoms with Crippen LogP contribution in [-0.2, 0) is 5.41 Å². The van der Waals surface area contributed by atoms with Crippen molar-refractivity contribution in [3.8, 4) is 11.3 Å². The zero-order valence-corrected chi connectivity index (χ0v) is 8.86. The molecule has 0 amide bonds. The number of rotatable bonds is 0. The topological polar surface area (TPSA) is 25.8 Å². The summed E-state index contributed by atoms with van der Waals surface area (Å²) in [7, 11) is 0. The van der Waals surface area contributed by atoms with Crippen LogP contribution in [0.3, 0.4) is 0 Å². The number of fused-ring (bicyclic) bond motifs is 3. The highest BCUT2D eigenvalue weighted by Gasteiger charge is 2.35. The third kappa shape index (κ3) is 0.990. The quantitative estimate of drug-likeness (QED) is 0.647. The van der Waals surface area contributed by atoms with E-state index in [1.165, 1.54) is 16.7 Å². The smallest absolute Gasteiger partial charge is 0.0761 e. The molecule has 2 aromatic heterocycles. The van der Waals surface area contributed by atoms with Gasteiger partial charge in [-0.2, -0.15) is 0 Å². The first-order valence-corrected chi connectivity index (χ1v) is 5.11. The molecule has 0 spiro atoms. The van der Waals surface area contributed by atoms with Crippen molar-refractivity contribution in [2.24, 2.45) is 0 Å². The molecule has 0 fully saturated rings. The molecule has 0 aromatic carbocycles. The van der Waals surface area contributed by atoms with Gasteiger partial charge in [-0.3, -0.25) is 9.97 Å². The van der Waals surface area contributed by atoms with Gasteiger partial charge in [-0.25, -0.2) is 0 Å². The van der Waals surface area contributed by atoms with E-state index in [0.717, 1.165) is 5.69 Å². The minimum absolute atomic E-state index is 0.0574. The van der Waals surface area contributed by atoms with Gasteiger partial charge in [0.1, 0.15) is 0 Å². The third-order valence-corrected chi connectivity index (χ3v) is 3.23. The molecular weight excluding hydrogens is 184 g/mol. The van der Waals surface area contributed by atoms with Crippen molar-refractivity contribution in [3.63, 3.8) is 0 Å². The van der Waals surface area contributed by atoms with Crippen molar-refractivity contribution < 1.29 is 0 Å². The van der Waals surface area contributed by atoms with E-state index < -0.39 is 0 Å². The lowest BCUT2D eigenvalue weighted by molar-refractivity contribution is 0.658. The highest BCUT2D eigenvalue weighted by atomic mass is 14.7. The van der Waals surface area contributed by atoms with Gasteiger partial charge in [0.15, 0.2) is 0 Å². The first-order valence-electron chi connectivity index (χ1n) is 5.11. The lowest BCUT2D eigenvalue weighted by atomic mass is 9.83. The molecular formula is C13H12N2. The normalized spacial score (nSPS) is 15.9. The van der Waals surface area contributed by atoms with E-state index in [4.69, 9.17) is 0 Å². The second kappa shape index (κ2) is 2.66. The highest BCUT2D eigenvalue weighted by molar-refractivity contribution is 5.76. The van der Waals surface area contributed by atoms with Crippen LogP contribution in [0.2, 0.25) is 0 Å². The summed E-state index contributed by atoms with van der Waals surface area (Å²) >= 11 is 0. The molecule has 3 rings (SSSR count). The molecule has 0 bridgehead atoms. The molecule has 0 saturated heterocycles. The van der Waals surface area contributed by atoms with E-state index in [0.29, 0.717) is 0 Å². The van der Waals surface area contributed by atoms with Crippen LogP contribution in [0.1, 0.15) is 25.0 Å². The molecule has 0 N–H and O–H groups in total. The van der Waals surface area contributed by atoms with Crippen molar-refractivity contribution in [1.82, 2.24) is 9.97 Å². The Morgan fingerprint density at radius 2 is 1.93 bits per heavy atom. The molecule has 0 radical (unpaired) electrons. The number of hydrogen-bond donors (Lipinski definition) is 0. The van der Waals surface area contributed by atoms with Gasteiger partial charge in [-0.15, -0.1) is 0 Å². The summed E-state index contributed by atoms with van der Waals surface area (Å²) in [6.45, 7) is 4.47. The number of aromatic nitrogens is 2. The van der Waals surface area contributed by atoms with Gasteiger partial charge in [-0.05, 0) is 23.3 Å². The van der Waals surface area contributed by atoms with E-state index in [2.05, 4.69) is 35.9 Å². The fraction of sp³-hybridized carbons (Fsp3) is 0.231. The molecule has 2 nitrogen and oxygen atoms in total. The molecule has 0 saturated carbocycles. The van der Waals surface area contributed by atoms with Crippen LogP contribution in [0.4, 0.5) is 0 Å². The standard InChI is InChI=1S/C13H12N2/c1-13(2)10-5-7-14-8-9(10)12-11(13)4-3-6-15-12/h3-8H,1-2H3. The zero-order valence-electron chi connectivity index (χ0n) is 8.86. The molecule has 15 heavy (non-hydrogen) atoms. The Balaban J connectivity index is 2.42. The molecule has 2 aromatic rings. The summed E-state index contributed by atoms with van der Waals surface area (Å²) in [6, 6.07) is 6.25. The lowest BCUT2D eigenvalue weighted by Gasteiger charge is -2.20. The summed E-state index contributed by atoms with van der Waals surface area (Å²) in [5.41, 5.74) is 4.95. The summed E-state index contributed by atoms with van der Waals surface area (Å²) in [6.07, 6.45) is 5.61. The van der Waals surface area contributed by atoms with Crippen LogP contribution >= 0.6 is 0 Å². The maximum atomic E-state index is 4.46. The van der Waals surface area contributed by atoms with Gasteiger partial charge in [0, 0.05) is 29.6 Å². The molecule has 2 heterocycles. The fourth-order valence-electron chi connectivity index (χ4n) is 2.40. The third-order valence-electron chi connectivity index (χ3n) is 3.23. The predicted molar refractivity (Wildman–Crippen MR) is 59.6 cm³/mol. The highest BCUT2D eigenvalue weighted by Crippen LogP contribution is 2.46. The average molecular weight is 196 g/mol. The minimum Gasteiger partial charge on any atom is -0.264 e. The Kier molecular flexibility index (Phi) is 1.52. The van der Waals surface area contributed by atoms with Crippen molar-refractivity contribution in [3.05, 3.63) is 47.9 Å². The second-order valence-electron chi connectivity index (χ2n) is 4.45. The van der Waals surface area contributed by atoms with Crippen LogP contribution in [0.5, 0.6) is 0 Å². The molecule has 1 aliphatic carbocycles. The monoisotopic (exact) mass is 196 g/mol. The fourth-order valence-corrected chi connectivity index (χ4v) is 2.40. The Morgan fingerprint density at radius 3 is 2.80 bits per heavy atom. The first-order chi connectivity index (χ1) is 7.21. The minimum atomic E-state index is 0.0574. The van der Waals surface area contributed by atoms with E-state index in [1.54, 1.807) is 0 Å². The van der Waals surface area contributed by atoms with Gasteiger partial charge >= 0.3 is 0 Å². The summed E-state index contributed by atoms with van der Waals surface area (Å²) in [4.78, 5) is 8.64. The van der Waals surface area contributed by atoms with E-state index >= 15 is 0 Å². The maximum Gasteiger partial charge on any atom is 0.0761 e. The van der Waals surface area contributed by atoms with E-state index in [1.807, 2.05) is 24.7 Å². The largest absolute Gasteiger partial charge is 0.264 e. The average Bonchev–Trinajstić information content (AvgIpc) is 2.51.